The second-order valence-electron chi connectivity index (χ2n) is 3.66. The fourth-order valence-corrected chi connectivity index (χ4v) is 1.60. The first-order valence-corrected chi connectivity index (χ1v) is 5.92. The standard InChI is InChI=1S/C13H20N2O3/c1-4-18-11-7-5-6-10(13(11)17-3)8-15-9-12(16)14-2/h5-7,15H,4,8-9H2,1-3H3,(H,14,16). The Morgan fingerprint density at radius 3 is 2.78 bits per heavy atom. The molecule has 1 aromatic carbocycles. The van der Waals surface area contributed by atoms with Gasteiger partial charge in [-0.05, 0) is 13.0 Å². The van der Waals surface area contributed by atoms with Gasteiger partial charge in [-0.25, -0.2) is 0 Å². The quantitative estimate of drug-likeness (QED) is 0.758. The first-order valence-electron chi connectivity index (χ1n) is 5.92. The van der Waals surface area contributed by atoms with Crippen LogP contribution in [0.5, 0.6) is 11.5 Å². The molecule has 0 heterocycles. The van der Waals surface area contributed by atoms with Crippen molar-refractivity contribution in [3.63, 3.8) is 0 Å². The monoisotopic (exact) mass is 252 g/mol. The lowest BCUT2D eigenvalue weighted by Crippen LogP contribution is -2.31. The third-order valence-corrected chi connectivity index (χ3v) is 2.44. The molecule has 0 radical (unpaired) electrons. The van der Waals surface area contributed by atoms with E-state index in [1.165, 1.54) is 0 Å². The Bertz CT molecular complexity index is 394. The summed E-state index contributed by atoms with van der Waals surface area (Å²) in [5.74, 6) is 1.39. The molecule has 1 aromatic rings. The van der Waals surface area contributed by atoms with Gasteiger partial charge in [0.05, 0.1) is 20.3 Å². The number of likely N-dealkylation sites (N-methyl/N-ethyl adjacent to an activating group) is 1. The summed E-state index contributed by atoms with van der Waals surface area (Å²) in [7, 11) is 3.22. The number of amides is 1. The van der Waals surface area contributed by atoms with Gasteiger partial charge in [-0.1, -0.05) is 12.1 Å². The molecule has 0 aliphatic heterocycles. The van der Waals surface area contributed by atoms with Gasteiger partial charge in [0.2, 0.25) is 5.91 Å². The van der Waals surface area contributed by atoms with Gasteiger partial charge in [-0.2, -0.15) is 0 Å². The van der Waals surface area contributed by atoms with Crippen LogP contribution >= 0.6 is 0 Å². The van der Waals surface area contributed by atoms with Crippen molar-refractivity contribution in [2.24, 2.45) is 0 Å². The first kappa shape index (κ1) is 14.3. The van der Waals surface area contributed by atoms with E-state index in [0.29, 0.717) is 18.9 Å². The van der Waals surface area contributed by atoms with Crippen LogP contribution in [0.25, 0.3) is 0 Å². The van der Waals surface area contributed by atoms with Gasteiger partial charge in [-0.3, -0.25) is 4.79 Å². The lowest BCUT2D eigenvalue weighted by molar-refractivity contribution is -0.119. The van der Waals surface area contributed by atoms with Crippen LogP contribution in [-0.4, -0.2) is 33.2 Å². The predicted molar refractivity (Wildman–Crippen MR) is 69.9 cm³/mol. The normalized spacial score (nSPS) is 9.94. The molecule has 0 saturated carbocycles. The highest BCUT2D eigenvalue weighted by atomic mass is 16.5. The Morgan fingerprint density at radius 2 is 2.17 bits per heavy atom. The van der Waals surface area contributed by atoms with Gasteiger partial charge < -0.3 is 20.1 Å². The molecule has 18 heavy (non-hydrogen) atoms. The molecule has 0 spiro atoms. The fraction of sp³-hybridized carbons (Fsp3) is 0.462. The molecule has 5 heteroatoms. The van der Waals surface area contributed by atoms with E-state index in [9.17, 15) is 4.79 Å². The number of carbonyl (C=O) groups is 1. The second-order valence-corrected chi connectivity index (χ2v) is 3.66. The Morgan fingerprint density at radius 1 is 1.39 bits per heavy atom. The highest BCUT2D eigenvalue weighted by Gasteiger charge is 2.09. The molecule has 0 atom stereocenters. The number of methoxy groups -OCH3 is 1. The molecule has 5 nitrogen and oxygen atoms in total. The minimum atomic E-state index is -0.0464. The smallest absolute Gasteiger partial charge is 0.233 e. The van der Waals surface area contributed by atoms with Crippen molar-refractivity contribution >= 4 is 5.91 Å². The van der Waals surface area contributed by atoms with Crippen LogP contribution < -0.4 is 20.1 Å². The molecular formula is C13H20N2O3. The van der Waals surface area contributed by atoms with E-state index in [1.807, 2.05) is 25.1 Å². The second kappa shape index (κ2) is 7.55. The zero-order chi connectivity index (χ0) is 13.4. The van der Waals surface area contributed by atoms with Crippen molar-refractivity contribution in [1.29, 1.82) is 0 Å². The topological polar surface area (TPSA) is 59.6 Å². The summed E-state index contributed by atoms with van der Waals surface area (Å²) in [6.07, 6.45) is 0. The van der Waals surface area contributed by atoms with E-state index in [-0.39, 0.29) is 12.5 Å². The Labute approximate surface area is 107 Å². The average molecular weight is 252 g/mol. The molecule has 1 rings (SSSR count). The third-order valence-electron chi connectivity index (χ3n) is 2.44. The van der Waals surface area contributed by atoms with Gasteiger partial charge in [0.25, 0.3) is 0 Å². The minimum absolute atomic E-state index is 0.0464. The van der Waals surface area contributed by atoms with E-state index in [4.69, 9.17) is 9.47 Å². The molecule has 2 N–H and O–H groups in total. The van der Waals surface area contributed by atoms with E-state index in [1.54, 1.807) is 14.2 Å². The molecule has 0 fully saturated rings. The number of nitrogens with one attached hydrogen (secondary N) is 2. The Kier molecular flexibility index (Phi) is 6.00. The summed E-state index contributed by atoms with van der Waals surface area (Å²) in [4.78, 5) is 11.1. The molecular weight excluding hydrogens is 232 g/mol. The molecule has 1 amide bonds. The average Bonchev–Trinajstić information content (AvgIpc) is 2.39. The minimum Gasteiger partial charge on any atom is -0.493 e. The van der Waals surface area contributed by atoms with Crippen molar-refractivity contribution in [3.05, 3.63) is 23.8 Å². The fourth-order valence-electron chi connectivity index (χ4n) is 1.60. The number of ether oxygens (including phenoxy) is 2. The van der Waals surface area contributed by atoms with Crippen molar-refractivity contribution in [2.45, 2.75) is 13.5 Å². The van der Waals surface area contributed by atoms with Crippen LogP contribution in [0.15, 0.2) is 18.2 Å². The van der Waals surface area contributed by atoms with Crippen LogP contribution in [0.4, 0.5) is 0 Å². The maximum atomic E-state index is 11.1. The van der Waals surface area contributed by atoms with Crippen molar-refractivity contribution < 1.29 is 14.3 Å². The number of para-hydroxylation sites is 1. The largest absolute Gasteiger partial charge is 0.493 e. The lowest BCUT2D eigenvalue weighted by Gasteiger charge is -2.13. The van der Waals surface area contributed by atoms with E-state index in [0.717, 1.165) is 11.3 Å². The molecule has 0 bridgehead atoms. The third kappa shape index (κ3) is 3.92. The van der Waals surface area contributed by atoms with E-state index >= 15 is 0 Å². The summed E-state index contributed by atoms with van der Waals surface area (Å²) in [6.45, 7) is 3.34. The molecule has 0 aliphatic rings. The molecule has 0 aliphatic carbocycles. The maximum Gasteiger partial charge on any atom is 0.233 e. The zero-order valence-electron chi connectivity index (χ0n) is 11.1. The summed E-state index contributed by atoms with van der Waals surface area (Å²) in [5.41, 5.74) is 0.965. The number of benzene rings is 1. The Balaban J connectivity index is 2.69. The van der Waals surface area contributed by atoms with Crippen LogP contribution in [-0.2, 0) is 11.3 Å². The predicted octanol–water partition coefficient (Wildman–Crippen LogP) is 0.929. The molecule has 100 valence electrons. The van der Waals surface area contributed by atoms with Crippen molar-refractivity contribution in [1.82, 2.24) is 10.6 Å². The summed E-state index contributed by atoms with van der Waals surface area (Å²) >= 11 is 0. The highest BCUT2D eigenvalue weighted by molar-refractivity contribution is 5.77. The Hall–Kier alpha value is -1.75. The first-order chi connectivity index (χ1) is 8.72. The van der Waals surface area contributed by atoms with Gasteiger partial charge in [0.15, 0.2) is 11.5 Å². The van der Waals surface area contributed by atoms with Crippen molar-refractivity contribution in [2.75, 3.05) is 27.3 Å². The van der Waals surface area contributed by atoms with Crippen LogP contribution in [0.1, 0.15) is 12.5 Å². The lowest BCUT2D eigenvalue weighted by atomic mass is 10.2. The van der Waals surface area contributed by atoms with Crippen molar-refractivity contribution in [3.8, 4) is 11.5 Å². The highest BCUT2D eigenvalue weighted by Crippen LogP contribution is 2.30. The van der Waals surface area contributed by atoms with Gasteiger partial charge in [0, 0.05) is 19.2 Å². The molecule has 0 unspecified atom stereocenters. The number of rotatable bonds is 7. The molecule has 0 saturated heterocycles. The SMILES string of the molecule is CCOc1cccc(CNCC(=O)NC)c1OC. The number of hydrogen-bond acceptors (Lipinski definition) is 4. The van der Waals surface area contributed by atoms with Crippen LogP contribution in [0.3, 0.4) is 0 Å². The maximum absolute atomic E-state index is 11.1. The summed E-state index contributed by atoms with van der Waals surface area (Å²) in [5, 5.41) is 5.60. The van der Waals surface area contributed by atoms with Gasteiger partial charge >= 0.3 is 0 Å². The van der Waals surface area contributed by atoms with E-state index in [2.05, 4.69) is 10.6 Å². The summed E-state index contributed by atoms with van der Waals surface area (Å²) in [6, 6.07) is 5.72. The van der Waals surface area contributed by atoms with Gasteiger partial charge in [0.1, 0.15) is 0 Å². The summed E-state index contributed by atoms with van der Waals surface area (Å²) < 4.78 is 10.8. The zero-order valence-corrected chi connectivity index (χ0v) is 11.1. The van der Waals surface area contributed by atoms with E-state index < -0.39 is 0 Å². The number of carbonyl (C=O) groups excluding carboxylic acids is 1. The van der Waals surface area contributed by atoms with Gasteiger partial charge in [-0.15, -0.1) is 0 Å². The molecule has 0 aromatic heterocycles. The number of hydrogen-bond donors (Lipinski definition) is 2. The van der Waals surface area contributed by atoms with Crippen LogP contribution in [0.2, 0.25) is 0 Å². The van der Waals surface area contributed by atoms with Crippen LogP contribution in [0, 0.1) is 0 Å².